The number of aliphatic imine (C=N–C) groups is 1. The van der Waals surface area contributed by atoms with Crippen molar-refractivity contribution < 1.29 is 4.79 Å². The lowest BCUT2D eigenvalue weighted by molar-refractivity contribution is -0.127. The molecule has 170 valence electrons. The molecular formula is C27H30N4O2. The van der Waals surface area contributed by atoms with Crippen molar-refractivity contribution >= 4 is 34.3 Å². The SMILES string of the molecule is CCCN(CCC)C(=O)C1=Cc2ccc(-c3ccc4c(=O)n(C)ccc4c3)cc2N=C(N)C1. The molecule has 0 atom stereocenters. The van der Waals surface area contributed by atoms with Gasteiger partial charge in [-0.2, -0.15) is 0 Å². The minimum Gasteiger partial charge on any atom is -0.387 e. The van der Waals surface area contributed by atoms with Crippen LogP contribution in [0.2, 0.25) is 0 Å². The van der Waals surface area contributed by atoms with E-state index >= 15 is 0 Å². The molecule has 1 aromatic heterocycles. The van der Waals surface area contributed by atoms with Crippen LogP contribution in [0.4, 0.5) is 5.69 Å². The number of pyridine rings is 1. The van der Waals surface area contributed by atoms with Crippen LogP contribution < -0.4 is 11.3 Å². The standard InChI is InChI=1S/C27H30N4O2/c1-4-11-31(12-5-2)26(32)22-15-21-7-6-19(16-24(21)29-25(28)17-22)18-8-9-23-20(14-18)10-13-30(3)27(23)33/h6-10,13-16H,4-5,11-12,17H2,1-3H3,(H2,28,29). The van der Waals surface area contributed by atoms with Crippen LogP contribution in [0, 0.1) is 0 Å². The van der Waals surface area contributed by atoms with E-state index in [-0.39, 0.29) is 11.5 Å². The van der Waals surface area contributed by atoms with E-state index in [2.05, 4.69) is 18.8 Å². The number of rotatable bonds is 6. The molecule has 3 aromatic rings. The summed E-state index contributed by atoms with van der Waals surface area (Å²) in [6.45, 7) is 5.62. The molecule has 2 heterocycles. The molecule has 0 saturated heterocycles. The second-order valence-corrected chi connectivity index (χ2v) is 8.55. The number of hydrogen-bond donors (Lipinski definition) is 1. The van der Waals surface area contributed by atoms with Gasteiger partial charge >= 0.3 is 0 Å². The molecule has 33 heavy (non-hydrogen) atoms. The fourth-order valence-electron chi connectivity index (χ4n) is 4.29. The second kappa shape index (κ2) is 9.45. The highest BCUT2D eigenvalue weighted by Gasteiger charge is 2.21. The highest BCUT2D eigenvalue weighted by molar-refractivity contribution is 6.05. The maximum Gasteiger partial charge on any atom is 0.258 e. The molecule has 0 fully saturated rings. The third kappa shape index (κ3) is 4.60. The zero-order chi connectivity index (χ0) is 23.5. The minimum atomic E-state index is -0.0131. The molecule has 2 aromatic carbocycles. The van der Waals surface area contributed by atoms with Gasteiger partial charge in [-0.1, -0.05) is 32.0 Å². The minimum absolute atomic E-state index is 0.0131. The van der Waals surface area contributed by atoms with Crippen LogP contribution in [-0.4, -0.2) is 34.3 Å². The van der Waals surface area contributed by atoms with E-state index in [1.54, 1.807) is 17.8 Å². The van der Waals surface area contributed by atoms with E-state index in [4.69, 9.17) is 5.73 Å². The van der Waals surface area contributed by atoms with Gasteiger partial charge in [0.05, 0.1) is 5.69 Å². The zero-order valence-electron chi connectivity index (χ0n) is 19.5. The number of fused-ring (bicyclic) bond motifs is 2. The number of hydrogen-bond acceptors (Lipinski definition) is 4. The summed E-state index contributed by atoms with van der Waals surface area (Å²) in [7, 11) is 1.75. The van der Waals surface area contributed by atoms with Gasteiger partial charge in [0.25, 0.3) is 5.56 Å². The Morgan fingerprint density at radius 1 is 1.06 bits per heavy atom. The summed E-state index contributed by atoms with van der Waals surface area (Å²) in [5, 5.41) is 1.59. The van der Waals surface area contributed by atoms with E-state index in [0.717, 1.165) is 53.7 Å². The fraction of sp³-hybridized carbons (Fsp3) is 0.296. The molecule has 0 aliphatic carbocycles. The average molecular weight is 443 g/mol. The molecule has 1 amide bonds. The summed E-state index contributed by atoms with van der Waals surface area (Å²) in [6, 6.07) is 13.8. The lowest BCUT2D eigenvalue weighted by atomic mass is 9.99. The molecule has 0 bridgehead atoms. The number of benzene rings is 2. The lowest BCUT2D eigenvalue weighted by Crippen LogP contribution is -2.34. The topological polar surface area (TPSA) is 80.7 Å². The van der Waals surface area contributed by atoms with Crippen molar-refractivity contribution in [3.8, 4) is 11.1 Å². The Kier molecular flexibility index (Phi) is 6.45. The third-order valence-corrected chi connectivity index (χ3v) is 5.96. The first-order valence-electron chi connectivity index (χ1n) is 11.5. The largest absolute Gasteiger partial charge is 0.387 e. The first-order valence-corrected chi connectivity index (χ1v) is 11.5. The average Bonchev–Trinajstić information content (AvgIpc) is 2.98. The van der Waals surface area contributed by atoms with Gasteiger partial charge in [0.1, 0.15) is 5.84 Å². The first-order chi connectivity index (χ1) is 15.9. The molecule has 0 spiro atoms. The Morgan fingerprint density at radius 2 is 1.76 bits per heavy atom. The quantitative estimate of drug-likeness (QED) is 0.604. The summed E-state index contributed by atoms with van der Waals surface area (Å²) in [5.74, 6) is 0.463. The van der Waals surface area contributed by atoms with Crippen molar-refractivity contribution in [3.63, 3.8) is 0 Å². The van der Waals surface area contributed by atoms with Crippen molar-refractivity contribution in [3.05, 3.63) is 70.2 Å². The van der Waals surface area contributed by atoms with Crippen molar-refractivity contribution in [1.82, 2.24) is 9.47 Å². The lowest BCUT2D eigenvalue weighted by Gasteiger charge is -2.22. The smallest absolute Gasteiger partial charge is 0.258 e. The van der Waals surface area contributed by atoms with E-state index < -0.39 is 0 Å². The molecule has 1 aliphatic heterocycles. The first kappa shape index (κ1) is 22.5. The Balaban J connectivity index is 1.72. The van der Waals surface area contributed by atoms with Crippen molar-refractivity contribution in [2.75, 3.05) is 13.1 Å². The second-order valence-electron chi connectivity index (χ2n) is 8.55. The molecular weight excluding hydrogens is 412 g/mol. The van der Waals surface area contributed by atoms with Crippen LogP contribution in [0.15, 0.2) is 64.0 Å². The highest BCUT2D eigenvalue weighted by Crippen LogP contribution is 2.33. The van der Waals surface area contributed by atoms with E-state index in [1.807, 2.05) is 53.4 Å². The number of nitrogens with two attached hydrogens (primary N) is 1. The maximum absolute atomic E-state index is 13.2. The van der Waals surface area contributed by atoms with Crippen LogP contribution in [0.3, 0.4) is 0 Å². The molecule has 1 aliphatic rings. The molecule has 0 unspecified atom stereocenters. The maximum atomic E-state index is 13.2. The van der Waals surface area contributed by atoms with Gasteiger partial charge in [0, 0.05) is 49.3 Å². The van der Waals surface area contributed by atoms with Gasteiger partial charge in [-0.25, -0.2) is 4.99 Å². The fourth-order valence-corrected chi connectivity index (χ4v) is 4.29. The Morgan fingerprint density at radius 3 is 2.48 bits per heavy atom. The highest BCUT2D eigenvalue weighted by atomic mass is 16.2. The summed E-state index contributed by atoms with van der Waals surface area (Å²) < 4.78 is 1.58. The van der Waals surface area contributed by atoms with Gasteiger partial charge in [0.15, 0.2) is 0 Å². The van der Waals surface area contributed by atoms with Gasteiger partial charge in [0.2, 0.25) is 5.91 Å². The Labute approximate surface area is 194 Å². The summed E-state index contributed by atoms with van der Waals surface area (Å²) in [6.07, 6.45) is 5.88. The van der Waals surface area contributed by atoms with Gasteiger partial charge in [-0.15, -0.1) is 0 Å². The predicted octanol–water partition coefficient (Wildman–Crippen LogP) is 4.63. The van der Waals surface area contributed by atoms with Crippen molar-refractivity contribution in [2.24, 2.45) is 17.8 Å². The van der Waals surface area contributed by atoms with Crippen LogP contribution in [-0.2, 0) is 11.8 Å². The number of amides is 1. The number of aryl methyl sites for hydroxylation is 1. The third-order valence-electron chi connectivity index (χ3n) is 5.96. The molecule has 6 nitrogen and oxygen atoms in total. The van der Waals surface area contributed by atoms with Crippen LogP contribution in [0.5, 0.6) is 0 Å². The van der Waals surface area contributed by atoms with Gasteiger partial charge in [-0.3, -0.25) is 9.59 Å². The number of aromatic nitrogens is 1. The zero-order valence-corrected chi connectivity index (χ0v) is 19.5. The van der Waals surface area contributed by atoms with E-state index in [0.29, 0.717) is 23.2 Å². The van der Waals surface area contributed by atoms with Crippen LogP contribution in [0.1, 0.15) is 38.7 Å². The molecule has 2 N–H and O–H groups in total. The van der Waals surface area contributed by atoms with E-state index in [9.17, 15) is 9.59 Å². The van der Waals surface area contributed by atoms with Crippen LogP contribution in [0.25, 0.3) is 28.0 Å². The molecule has 4 rings (SSSR count). The van der Waals surface area contributed by atoms with Crippen molar-refractivity contribution in [1.29, 1.82) is 0 Å². The summed E-state index contributed by atoms with van der Waals surface area (Å²) in [4.78, 5) is 32.0. The number of amidine groups is 1. The van der Waals surface area contributed by atoms with Gasteiger partial charge < -0.3 is 15.2 Å². The molecule has 6 heteroatoms. The number of carbonyl (C=O) groups excluding carboxylic acids is 1. The van der Waals surface area contributed by atoms with Gasteiger partial charge in [-0.05, 0) is 59.7 Å². The van der Waals surface area contributed by atoms with Crippen LogP contribution >= 0.6 is 0 Å². The summed E-state index contributed by atoms with van der Waals surface area (Å²) in [5.41, 5.74) is 10.5. The van der Waals surface area contributed by atoms with E-state index in [1.165, 1.54) is 0 Å². The Hall–Kier alpha value is -3.67. The number of carbonyl (C=O) groups is 1. The number of nitrogens with zero attached hydrogens (tertiary/aromatic N) is 3. The molecule has 0 saturated carbocycles. The Bertz CT molecular complexity index is 1330. The summed E-state index contributed by atoms with van der Waals surface area (Å²) >= 11 is 0. The molecule has 0 radical (unpaired) electrons. The monoisotopic (exact) mass is 442 g/mol. The predicted molar refractivity (Wildman–Crippen MR) is 136 cm³/mol. The normalized spacial score (nSPS) is 13.2. The van der Waals surface area contributed by atoms with Crippen molar-refractivity contribution in [2.45, 2.75) is 33.1 Å².